The summed E-state index contributed by atoms with van der Waals surface area (Å²) in [4.78, 5) is 16.8. The topological polar surface area (TPSA) is 44.1 Å². The van der Waals surface area contributed by atoms with Crippen LogP contribution in [-0.2, 0) is 4.74 Å². The molecule has 0 radical (unpaired) electrons. The minimum absolute atomic E-state index is 0.473. The molecule has 0 N–H and O–H groups in total. The number of benzene rings is 1. The van der Waals surface area contributed by atoms with Gasteiger partial charge in [-0.3, -0.25) is 0 Å². The van der Waals surface area contributed by atoms with E-state index < -0.39 is 11.7 Å². The van der Waals surface area contributed by atoms with Gasteiger partial charge in [-0.25, -0.2) is 14.3 Å². The summed E-state index contributed by atoms with van der Waals surface area (Å²) >= 11 is 6.36. The normalized spacial score (nSPS) is 11.7. The predicted octanol–water partition coefficient (Wildman–Crippen LogP) is 5.14. The highest BCUT2D eigenvalue weighted by atomic mass is 35.5. The number of hydrogen-bond donors (Lipinski definition) is 0. The van der Waals surface area contributed by atoms with E-state index in [1.54, 1.807) is 18.5 Å². The van der Waals surface area contributed by atoms with Crippen LogP contribution in [-0.4, -0.2) is 21.2 Å². The molecule has 0 unspecified atom stereocenters. The van der Waals surface area contributed by atoms with Gasteiger partial charge in [0.05, 0.1) is 5.02 Å². The lowest BCUT2D eigenvalue weighted by molar-refractivity contribution is 0.0544. The zero-order valence-electron chi connectivity index (χ0n) is 13.2. The second kappa shape index (κ2) is 5.70. The van der Waals surface area contributed by atoms with E-state index in [9.17, 15) is 4.79 Å². The van der Waals surface area contributed by atoms with Crippen molar-refractivity contribution in [3.63, 3.8) is 0 Å². The molecule has 118 valence electrons. The van der Waals surface area contributed by atoms with Gasteiger partial charge >= 0.3 is 6.09 Å². The Balaban J connectivity index is 2.21. The van der Waals surface area contributed by atoms with Crippen molar-refractivity contribution in [1.82, 2.24) is 9.55 Å². The highest BCUT2D eigenvalue weighted by Gasteiger charge is 2.22. The van der Waals surface area contributed by atoms with Crippen molar-refractivity contribution in [3.8, 4) is 11.1 Å². The second-order valence-corrected chi connectivity index (χ2v) is 6.66. The van der Waals surface area contributed by atoms with Crippen LogP contribution in [0.2, 0.25) is 5.02 Å². The van der Waals surface area contributed by atoms with E-state index in [0.29, 0.717) is 10.7 Å². The van der Waals surface area contributed by atoms with E-state index in [1.165, 1.54) is 4.57 Å². The fraction of sp³-hybridized carbons (Fsp3) is 0.222. The average Bonchev–Trinajstić information content (AvgIpc) is 2.87. The van der Waals surface area contributed by atoms with Gasteiger partial charge in [-0.05, 0) is 32.4 Å². The Morgan fingerprint density at radius 2 is 1.87 bits per heavy atom. The van der Waals surface area contributed by atoms with E-state index >= 15 is 0 Å². The van der Waals surface area contributed by atoms with Gasteiger partial charge in [-0.15, -0.1) is 0 Å². The first-order valence-corrected chi connectivity index (χ1v) is 7.69. The van der Waals surface area contributed by atoms with Crippen LogP contribution >= 0.6 is 11.6 Å². The molecule has 0 spiro atoms. The Morgan fingerprint density at radius 3 is 2.52 bits per heavy atom. The molecule has 2 aromatic heterocycles. The van der Waals surface area contributed by atoms with Crippen LogP contribution in [0.1, 0.15) is 20.8 Å². The minimum Gasteiger partial charge on any atom is -0.443 e. The molecule has 1 aromatic carbocycles. The molecular formula is C18H17ClN2O2. The Morgan fingerprint density at radius 1 is 1.17 bits per heavy atom. The van der Waals surface area contributed by atoms with Crippen molar-refractivity contribution in [3.05, 3.63) is 53.8 Å². The number of ether oxygens (including phenoxy) is 1. The van der Waals surface area contributed by atoms with E-state index in [2.05, 4.69) is 4.98 Å². The third kappa shape index (κ3) is 3.08. The molecule has 0 aliphatic rings. The second-order valence-electron chi connectivity index (χ2n) is 6.25. The van der Waals surface area contributed by atoms with Gasteiger partial charge in [0.15, 0.2) is 5.65 Å². The van der Waals surface area contributed by atoms with Crippen molar-refractivity contribution in [1.29, 1.82) is 0 Å². The highest BCUT2D eigenvalue weighted by molar-refractivity contribution is 6.36. The molecule has 0 saturated heterocycles. The molecule has 5 heteroatoms. The van der Waals surface area contributed by atoms with Crippen LogP contribution in [0.5, 0.6) is 0 Å². The van der Waals surface area contributed by atoms with E-state index in [1.807, 2.05) is 51.1 Å². The third-order valence-corrected chi connectivity index (χ3v) is 3.63. The third-order valence-electron chi connectivity index (χ3n) is 3.31. The summed E-state index contributed by atoms with van der Waals surface area (Å²) < 4.78 is 6.87. The van der Waals surface area contributed by atoms with Crippen LogP contribution in [0, 0.1) is 0 Å². The fourth-order valence-corrected chi connectivity index (χ4v) is 2.64. The van der Waals surface area contributed by atoms with E-state index in [-0.39, 0.29) is 0 Å². The number of carbonyl (C=O) groups is 1. The van der Waals surface area contributed by atoms with Crippen molar-refractivity contribution in [2.75, 3.05) is 0 Å². The zero-order chi connectivity index (χ0) is 16.6. The number of aromatic nitrogens is 2. The molecule has 2 heterocycles. The lowest BCUT2D eigenvalue weighted by Gasteiger charge is -2.19. The average molecular weight is 329 g/mol. The largest absolute Gasteiger partial charge is 0.443 e. The van der Waals surface area contributed by atoms with Crippen molar-refractivity contribution < 1.29 is 9.53 Å². The summed E-state index contributed by atoms with van der Waals surface area (Å²) in [5, 5.41) is 1.29. The molecule has 0 aliphatic carbocycles. The Bertz CT molecular complexity index is 864. The maximum Gasteiger partial charge on any atom is 0.420 e. The Kier molecular flexibility index (Phi) is 3.86. The maximum absolute atomic E-state index is 12.5. The Hall–Kier alpha value is -2.33. The number of halogens is 1. The summed E-state index contributed by atoms with van der Waals surface area (Å²) in [5.74, 6) is 0. The molecule has 3 rings (SSSR count). The van der Waals surface area contributed by atoms with Gasteiger partial charge in [0.2, 0.25) is 0 Å². The summed E-state index contributed by atoms with van der Waals surface area (Å²) in [5.41, 5.74) is 1.73. The van der Waals surface area contributed by atoms with Crippen LogP contribution in [0.4, 0.5) is 4.79 Å². The van der Waals surface area contributed by atoms with Gasteiger partial charge in [0.1, 0.15) is 5.60 Å². The SMILES string of the molecule is CC(C)(C)OC(=O)n1cc(-c2ccccc2)c2c(Cl)ccnc21. The quantitative estimate of drug-likeness (QED) is 0.621. The minimum atomic E-state index is -0.584. The number of carbonyl (C=O) groups excluding carboxylic acids is 1. The molecule has 0 bridgehead atoms. The van der Waals surface area contributed by atoms with Crippen molar-refractivity contribution in [2.24, 2.45) is 0 Å². The standard InChI is InChI=1S/C18H17ClN2O2/c1-18(2,3)23-17(22)21-11-13(12-7-5-4-6-8-12)15-14(19)9-10-20-16(15)21/h4-11H,1-3H3. The van der Waals surface area contributed by atoms with Gasteiger partial charge in [0, 0.05) is 23.3 Å². The highest BCUT2D eigenvalue weighted by Crippen LogP contribution is 2.34. The number of fused-ring (bicyclic) bond motifs is 1. The van der Waals surface area contributed by atoms with Gasteiger partial charge < -0.3 is 4.74 Å². The summed E-state index contributed by atoms with van der Waals surface area (Å²) in [6, 6.07) is 11.5. The van der Waals surface area contributed by atoms with Crippen molar-refractivity contribution >= 4 is 28.7 Å². The molecular weight excluding hydrogens is 312 g/mol. The van der Waals surface area contributed by atoms with Crippen LogP contribution in [0.3, 0.4) is 0 Å². The first-order chi connectivity index (χ1) is 10.9. The first kappa shape index (κ1) is 15.6. The summed E-state index contributed by atoms with van der Waals surface area (Å²) in [7, 11) is 0. The maximum atomic E-state index is 12.5. The molecule has 0 atom stereocenters. The van der Waals surface area contributed by atoms with Crippen LogP contribution < -0.4 is 0 Å². The van der Waals surface area contributed by atoms with Crippen molar-refractivity contribution in [2.45, 2.75) is 26.4 Å². The van der Waals surface area contributed by atoms with Gasteiger partial charge in [-0.2, -0.15) is 0 Å². The summed E-state index contributed by atoms with van der Waals surface area (Å²) in [6.07, 6.45) is 2.84. The van der Waals surface area contributed by atoms with Gasteiger partial charge in [-0.1, -0.05) is 41.9 Å². The number of nitrogens with zero attached hydrogens (tertiary/aromatic N) is 2. The number of pyridine rings is 1. The monoisotopic (exact) mass is 328 g/mol. The van der Waals surface area contributed by atoms with E-state index in [4.69, 9.17) is 16.3 Å². The van der Waals surface area contributed by atoms with E-state index in [0.717, 1.165) is 16.5 Å². The number of hydrogen-bond acceptors (Lipinski definition) is 3. The van der Waals surface area contributed by atoms with Crippen LogP contribution in [0.25, 0.3) is 22.2 Å². The molecule has 0 aliphatic heterocycles. The first-order valence-electron chi connectivity index (χ1n) is 7.31. The summed E-state index contributed by atoms with van der Waals surface area (Å²) in [6.45, 7) is 5.49. The smallest absolute Gasteiger partial charge is 0.420 e. The molecule has 23 heavy (non-hydrogen) atoms. The van der Waals surface area contributed by atoms with Crippen LogP contribution in [0.15, 0.2) is 48.8 Å². The predicted molar refractivity (Wildman–Crippen MR) is 91.8 cm³/mol. The Labute approximate surface area is 139 Å². The number of rotatable bonds is 1. The lowest BCUT2D eigenvalue weighted by atomic mass is 10.1. The molecule has 4 nitrogen and oxygen atoms in total. The lowest BCUT2D eigenvalue weighted by Crippen LogP contribution is -2.26. The fourth-order valence-electron chi connectivity index (χ4n) is 2.40. The molecule has 3 aromatic rings. The molecule has 0 saturated carbocycles. The molecule has 0 amide bonds. The molecule has 0 fully saturated rings. The van der Waals surface area contributed by atoms with Gasteiger partial charge in [0.25, 0.3) is 0 Å². The zero-order valence-corrected chi connectivity index (χ0v) is 14.0.